The quantitative estimate of drug-likeness (QED) is 0.429. The molecule has 1 aromatic rings. The van der Waals surface area contributed by atoms with E-state index in [0.717, 1.165) is 6.07 Å². The van der Waals surface area contributed by atoms with Crippen molar-refractivity contribution < 1.29 is 18.1 Å². The number of carbonyl (C=O) groups excluding carboxylic acids is 1. The van der Waals surface area contributed by atoms with E-state index in [1.807, 2.05) is 0 Å². The van der Waals surface area contributed by atoms with Crippen LogP contribution < -0.4 is 10.5 Å². The van der Waals surface area contributed by atoms with Crippen LogP contribution in [0.1, 0.15) is 10.4 Å². The summed E-state index contributed by atoms with van der Waals surface area (Å²) in [7, 11) is -3.63. The first-order valence-electron chi connectivity index (χ1n) is 4.81. The predicted octanol–water partition coefficient (Wildman–Crippen LogP) is 0.108. The molecular weight excluding hydrogens is 262 g/mol. The lowest BCUT2D eigenvalue weighted by Crippen LogP contribution is -2.22. The molecule has 0 radical (unpaired) electrons. The molecule has 8 nitrogen and oxygen atoms in total. The lowest BCUT2D eigenvalue weighted by molar-refractivity contribution is -0.384. The van der Waals surface area contributed by atoms with Gasteiger partial charge in [0.25, 0.3) is 5.69 Å². The van der Waals surface area contributed by atoms with Crippen LogP contribution in [0.25, 0.3) is 0 Å². The van der Waals surface area contributed by atoms with Crippen molar-refractivity contribution in [3.63, 3.8) is 0 Å². The van der Waals surface area contributed by atoms with Crippen LogP contribution in [0.4, 0.5) is 11.4 Å². The number of primary sulfonamides is 1. The summed E-state index contributed by atoms with van der Waals surface area (Å²) < 4.78 is 21.4. The average molecular weight is 273 g/mol. The maximum absolute atomic E-state index is 10.8. The smallest absolute Gasteiger partial charge is 0.293 e. The van der Waals surface area contributed by atoms with Crippen LogP contribution in [0.15, 0.2) is 18.2 Å². The number of benzene rings is 1. The average Bonchev–Trinajstić information content (AvgIpc) is 2.27. The van der Waals surface area contributed by atoms with Crippen molar-refractivity contribution in [2.24, 2.45) is 5.14 Å². The Labute approximate surface area is 103 Å². The van der Waals surface area contributed by atoms with Gasteiger partial charge in [0.15, 0.2) is 0 Å². The molecule has 0 saturated heterocycles. The van der Waals surface area contributed by atoms with E-state index < -0.39 is 14.9 Å². The standard InChI is InChI=1S/C9H11N3O5S/c10-18(16,17)4-3-11-8-2-1-7(6-13)5-9(8)12(14)15/h1-2,5-6,11H,3-4H2,(H2,10,16,17). The Kier molecular flexibility index (Phi) is 4.34. The Hall–Kier alpha value is -2.00. The summed E-state index contributed by atoms with van der Waals surface area (Å²) in [5.74, 6) is -0.348. The van der Waals surface area contributed by atoms with Gasteiger partial charge in [0.1, 0.15) is 12.0 Å². The van der Waals surface area contributed by atoms with E-state index in [0.29, 0.717) is 6.29 Å². The molecule has 1 rings (SSSR count). The third-order valence-corrected chi connectivity index (χ3v) is 2.83. The summed E-state index contributed by atoms with van der Waals surface area (Å²) in [6.07, 6.45) is 0.487. The van der Waals surface area contributed by atoms with Gasteiger partial charge in [-0.05, 0) is 12.1 Å². The van der Waals surface area contributed by atoms with E-state index in [-0.39, 0.29) is 29.2 Å². The molecule has 0 fully saturated rings. The summed E-state index contributed by atoms with van der Waals surface area (Å²) >= 11 is 0. The van der Waals surface area contributed by atoms with Crippen LogP contribution in [-0.4, -0.2) is 31.9 Å². The number of anilines is 1. The molecule has 0 spiro atoms. The van der Waals surface area contributed by atoms with Crippen molar-refractivity contribution in [3.05, 3.63) is 33.9 Å². The first kappa shape index (κ1) is 14.1. The fourth-order valence-corrected chi connectivity index (χ4v) is 1.64. The highest BCUT2D eigenvalue weighted by Gasteiger charge is 2.14. The lowest BCUT2D eigenvalue weighted by Gasteiger charge is -2.06. The minimum absolute atomic E-state index is 0.0554. The fraction of sp³-hybridized carbons (Fsp3) is 0.222. The molecule has 0 aromatic heterocycles. The first-order valence-corrected chi connectivity index (χ1v) is 6.53. The Morgan fingerprint density at radius 3 is 2.61 bits per heavy atom. The van der Waals surface area contributed by atoms with E-state index >= 15 is 0 Å². The Morgan fingerprint density at radius 2 is 2.11 bits per heavy atom. The number of aldehydes is 1. The number of nitro groups is 1. The molecule has 0 bridgehead atoms. The van der Waals surface area contributed by atoms with Crippen LogP contribution >= 0.6 is 0 Å². The Balaban J connectivity index is 2.88. The molecule has 9 heteroatoms. The number of rotatable bonds is 6. The van der Waals surface area contributed by atoms with Crippen LogP contribution in [0.3, 0.4) is 0 Å². The second kappa shape index (κ2) is 5.56. The molecule has 0 atom stereocenters. The van der Waals surface area contributed by atoms with E-state index in [1.54, 1.807) is 0 Å². The molecule has 18 heavy (non-hydrogen) atoms. The Morgan fingerprint density at radius 1 is 1.44 bits per heavy atom. The van der Waals surface area contributed by atoms with E-state index in [1.165, 1.54) is 12.1 Å². The van der Waals surface area contributed by atoms with Gasteiger partial charge in [-0.15, -0.1) is 0 Å². The molecule has 0 aliphatic heterocycles. The summed E-state index contributed by atoms with van der Waals surface area (Å²) in [5.41, 5.74) is 0.00182. The number of nitrogens with one attached hydrogen (secondary N) is 1. The number of nitrogens with zero attached hydrogens (tertiary/aromatic N) is 1. The van der Waals surface area contributed by atoms with Crippen molar-refractivity contribution in [1.82, 2.24) is 0 Å². The number of nitro benzene ring substituents is 1. The zero-order valence-electron chi connectivity index (χ0n) is 9.20. The highest BCUT2D eigenvalue weighted by atomic mass is 32.2. The van der Waals surface area contributed by atoms with Crippen molar-refractivity contribution in [1.29, 1.82) is 0 Å². The predicted molar refractivity (Wildman–Crippen MR) is 64.9 cm³/mol. The molecule has 0 heterocycles. The third kappa shape index (κ3) is 4.11. The molecule has 3 N–H and O–H groups in total. The van der Waals surface area contributed by atoms with E-state index in [9.17, 15) is 23.3 Å². The SMILES string of the molecule is NS(=O)(=O)CCNc1ccc(C=O)cc1[N+](=O)[O-]. The van der Waals surface area contributed by atoms with Gasteiger partial charge in [-0.2, -0.15) is 0 Å². The maximum Gasteiger partial charge on any atom is 0.293 e. The zero-order chi connectivity index (χ0) is 13.8. The first-order chi connectivity index (χ1) is 8.33. The molecule has 0 aliphatic rings. The largest absolute Gasteiger partial charge is 0.378 e. The van der Waals surface area contributed by atoms with Crippen molar-refractivity contribution >= 4 is 27.7 Å². The minimum Gasteiger partial charge on any atom is -0.378 e. The third-order valence-electron chi connectivity index (χ3n) is 2.06. The molecular formula is C9H11N3O5S. The molecule has 0 aliphatic carbocycles. The highest BCUT2D eigenvalue weighted by Crippen LogP contribution is 2.24. The summed E-state index contributed by atoms with van der Waals surface area (Å²) in [6.45, 7) is -0.0554. The maximum atomic E-state index is 10.8. The van der Waals surface area contributed by atoms with Crippen molar-refractivity contribution in [2.75, 3.05) is 17.6 Å². The normalized spacial score (nSPS) is 10.9. The number of nitrogens with two attached hydrogens (primary N) is 1. The second-order valence-electron chi connectivity index (χ2n) is 3.45. The number of carbonyl (C=O) groups is 1. The number of hydrogen-bond acceptors (Lipinski definition) is 6. The molecule has 98 valence electrons. The van der Waals surface area contributed by atoms with Gasteiger partial charge in [0, 0.05) is 18.2 Å². The topological polar surface area (TPSA) is 132 Å². The van der Waals surface area contributed by atoms with Gasteiger partial charge in [-0.3, -0.25) is 14.9 Å². The molecule has 1 aromatic carbocycles. The molecule has 0 amide bonds. The van der Waals surface area contributed by atoms with Gasteiger partial charge >= 0.3 is 0 Å². The van der Waals surface area contributed by atoms with Gasteiger partial charge in [-0.1, -0.05) is 0 Å². The van der Waals surface area contributed by atoms with E-state index in [2.05, 4.69) is 5.32 Å². The van der Waals surface area contributed by atoms with Gasteiger partial charge in [0.05, 0.1) is 10.7 Å². The lowest BCUT2D eigenvalue weighted by atomic mass is 10.2. The minimum atomic E-state index is -3.63. The van der Waals surface area contributed by atoms with Gasteiger partial charge < -0.3 is 5.32 Å². The number of sulfonamides is 1. The Bertz CT molecular complexity index is 570. The van der Waals surface area contributed by atoms with Gasteiger partial charge in [-0.25, -0.2) is 13.6 Å². The zero-order valence-corrected chi connectivity index (χ0v) is 10.0. The highest BCUT2D eigenvalue weighted by molar-refractivity contribution is 7.89. The molecule has 0 saturated carbocycles. The van der Waals surface area contributed by atoms with E-state index in [4.69, 9.17) is 5.14 Å². The summed E-state index contributed by atoms with van der Waals surface area (Å²) in [6, 6.07) is 3.83. The molecule has 0 unspecified atom stereocenters. The monoisotopic (exact) mass is 273 g/mol. The fourth-order valence-electron chi connectivity index (χ4n) is 1.25. The second-order valence-corrected chi connectivity index (χ2v) is 5.18. The summed E-state index contributed by atoms with van der Waals surface area (Å²) in [5, 5.41) is 18.1. The van der Waals surface area contributed by atoms with Crippen molar-refractivity contribution in [2.45, 2.75) is 0 Å². The number of hydrogen-bond donors (Lipinski definition) is 2. The van der Waals surface area contributed by atoms with Crippen LogP contribution in [0, 0.1) is 10.1 Å². The van der Waals surface area contributed by atoms with Crippen LogP contribution in [0.5, 0.6) is 0 Å². The van der Waals surface area contributed by atoms with Crippen LogP contribution in [-0.2, 0) is 10.0 Å². The van der Waals surface area contributed by atoms with Crippen LogP contribution in [0.2, 0.25) is 0 Å². The summed E-state index contributed by atoms with van der Waals surface area (Å²) in [4.78, 5) is 20.6. The van der Waals surface area contributed by atoms with Gasteiger partial charge in [0.2, 0.25) is 10.0 Å². The van der Waals surface area contributed by atoms with Crippen molar-refractivity contribution in [3.8, 4) is 0 Å².